The molecule has 196 valence electrons. The summed E-state index contributed by atoms with van der Waals surface area (Å²) in [6.07, 6.45) is 4.67. The van der Waals surface area contributed by atoms with E-state index in [2.05, 4.69) is 14.7 Å². The molecule has 0 fully saturated rings. The van der Waals surface area contributed by atoms with Gasteiger partial charge in [0.05, 0.1) is 18.2 Å². The first-order valence-corrected chi connectivity index (χ1v) is 13.2. The van der Waals surface area contributed by atoms with Crippen molar-refractivity contribution >= 4 is 33.1 Å². The van der Waals surface area contributed by atoms with Gasteiger partial charge in [0.2, 0.25) is 0 Å². The number of rotatable bonds is 11. The van der Waals surface area contributed by atoms with Gasteiger partial charge in [-0.1, -0.05) is 23.7 Å². The molecule has 0 saturated heterocycles. The van der Waals surface area contributed by atoms with Gasteiger partial charge in [0, 0.05) is 24.0 Å². The molecule has 0 aliphatic heterocycles. The van der Waals surface area contributed by atoms with Crippen molar-refractivity contribution in [2.45, 2.75) is 18.4 Å². The lowest BCUT2D eigenvalue weighted by molar-refractivity contribution is 0.249. The van der Waals surface area contributed by atoms with Gasteiger partial charge in [-0.05, 0) is 56.4 Å². The van der Waals surface area contributed by atoms with Crippen LogP contribution in [0.3, 0.4) is 0 Å². The molecule has 4 aromatic rings. The van der Waals surface area contributed by atoms with Crippen LogP contribution in [0.1, 0.15) is 11.1 Å². The molecule has 0 radical (unpaired) electrons. The van der Waals surface area contributed by atoms with Crippen LogP contribution in [0.25, 0.3) is 5.65 Å². The number of aromatic nitrogens is 3. The number of nitrogens with one attached hydrogen (secondary N) is 1. The highest BCUT2D eigenvalue weighted by Gasteiger charge is 2.23. The van der Waals surface area contributed by atoms with Crippen LogP contribution in [0, 0.1) is 6.92 Å². The summed E-state index contributed by atoms with van der Waals surface area (Å²) in [5, 5.41) is 0.349. The molecule has 2 aromatic heterocycles. The number of ether oxygens (including phenoxy) is 3. The van der Waals surface area contributed by atoms with Gasteiger partial charge in [-0.2, -0.15) is 0 Å². The van der Waals surface area contributed by atoms with E-state index >= 15 is 0 Å². The Hall–Kier alpha value is -3.54. The van der Waals surface area contributed by atoms with Crippen LogP contribution in [-0.2, 0) is 16.6 Å². The summed E-state index contributed by atoms with van der Waals surface area (Å²) < 4.78 is 48.1. The maximum Gasteiger partial charge on any atom is 0.263 e. The van der Waals surface area contributed by atoms with Gasteiger partial charge >= 0.3 is 0 Å². The minimum absolute atomic E-state index is 0.0535. The molecule has 0 unspecified atom stereocenters. The first-order valence-electron chi connectivity index (χ1n) is 11.4. The van der Waals surface area contributed by atoms with E-state index < -0.39 is 10.0 Å². The summed E-state index contributed by atoms with van der Waals surface area (Å²) in [7, 11) is 1.49. The highest BCUT2D eigenvalue weighted by Crippen LogP contribution is 2.31. The SMILES string of the molecule is COc1ccc(COc2ncc3nccn3c2NS(=O)(=O)c2cccc(Cl)c2C)cc1OCCN(C)C. The van der Waals surface area contributed by atoms with Crippen molar-refractivity contribution in [1.82, 2.24) is 19.3 Å². The Morgan fingerprint density at radius 1 is 1.11 bits per heavy atom. The molecule has 0 amide bonds. The maximum absolute atomic E-state index is 13.3. The Bertz CT molecular complexity index is 1510. The summed E-state index contributed by atoms with van der Waals surface area (Å²) in [6, 6.07) is 10.2. The summed E-state index contributed by atoms with van der Waals surface area (Å²) in [5.74, 6) is 1.39. The van der Waals surface area contributed by atoms with E-state index in [0.717, 1.165) is 12.1 Å². The number of sulfonamides is 1. The molecule has 4 rings (SSSR count). The van der Waals surface area contributed by atoms with Gasteiger partial charge in [0.25, 0.3) is 15.9 Å². The molecule has 0 atom stereocenters. The summed E-state index contributed by atoms with van der Waals surface area (Å²) in [5.41, 5.74) is 1.67. The van der Waals surface area contributed by atoms with Crippen molar-refractivity contribution in [3.63, 3.8) is 0 Å². The van der Waals surface area contributed by atoms with E-state index in [-0.39, 0.29) is 23.2 Å². The van der Waals surface area contributed by atoms with Crippen LogP contribution in [0.4, 0.5) is 5.82 Å². The molecule has 10 nitrogen and oxygen atoms in total. The molecule has 1 N–H and O–H groups in total. The predicted molar refractivity (Wildman–Crippen MR) is 141 cm³/mol. The average Bonchev–Trinajstić information content (AvgIpc) is 3.34. The van der Waals surface area contributed by atoms with E-state index in [1.165, 1.54) is 12.3 Å². The standard InChI is InChI=1S/C25H28ClN5O5S/c1-17-19(26)6-5-7-22(17)37(32,33)29-24-25(28-15-23-27-10-11-31(23)24)36-16-18-8-9-20(34-4)21(14-18)35-13-12-30(2)3/h5-11,14-15,29H,12-13,16H2,1-4H3. The number of hydrogen-bond donors (Lipinski definition) is 1. The number of imidazole rings is 1. The van der Waals surface area contributed by atoms with Gasteiger partial charge in [-0.3, -0.25) is 9.12 Å². The second-order valence-electron chi connectivity index (χ2n) is 8.46. The second kappa shape index (κ2) is 11.2. The Morgan fingerprint density at radius 3 is 2.68 bits per heavy atom. The zero-order chi connectivity index (χ0) is 26.6. The summed E-state index contributed by atoms with van der Waals surface area (Å²) >= 11 is 6.16. The van der Waals surface area contributed by atoms with Crippen LogP contribution in [0.15, 0.2) is 59.9 Å². The lowest BCUT2D eigenvalue weighted by Gasteiger charge is -2.17. The van der Waals surface area contributed by atoms with Crippen molar-refractivity contribution in [2.24, 2.45) is 0 Å². The smallest absolute Gasteiger partial charge is 0.263 e. The molecule has 2 aromatic carbocycles. The van der Waals surface area contributed by atoms with Crippen LogP contribution in [0.2, 0.25) is 5.02 Å². The quantitative estimate of drug-likeness (QED) is 0.301. The number of methoxy groups -OCH3 is 1. The van der Waals surface area contributed by atoms with E-state index in [4.69, 9.17) is 25.8 Å². The normalized spacial score (nSPS) is 11.6. The first-order chi connectivity index (χ1) is 17.7. The third kappa shape index (κ3) is 6.07. The number of hydrogen-bond acceptors (Lipinski definition) is 8. The molecular weight excluding hydrogens is 518 g/mol. The highest BCUT2D eigenvalue weighted by molar-refractivity contribution is 7.92. The van der Waals surface area contributed by atoms with Crippen molar-refractivity contribution in [3.8, 4) is 17.4 Å². The average molecular weight is 546 g/mol. The molecule has 0 spiro atoms. The fourth-order valence-corrected chi connectivity index (χ4v) is 5.10. The van der Waals surface area contributed by atoms with Crippen LogP contribution < -0.4 is 18.9 Å². The maximum atomic E-state index is 13.3. The molecule has 0 bridgehead atoms. The molecule has 12 heteroatoms. The fourth-order valence-electron chi connectivity index (χ4n) is 3.55. The van der Waals surface area contributed by atoms with Crippen molar-refractivity contribution < 1.29 is 22.6 Å². The monoisotopic (exact) mass is 545 g/mol. The molecule has 0 saturated carbocycles. The van der Waals surface area contributed by atoms with Crippen LogP contribution >= 0.6 is 11.6 Å². The second-order valence-corrected chi connectivity index (χ2v) is 10.5. The van der Waals surface area contributed by atoms with Gasteiger partial charge in [0.15, 0.2) is 23.0 Å². The zero-order valence-corrected chi connectivity index (χ0v) is 22.5. The van der Waals surface area contributed by atoms with Gasteiger partial charge < -0.3 is 19.1 Å². The molecule has 2 heterocycles. The van der Waals surface area contributed by atoms with E-state index in [0.29, 0.717) is 34.3 Å². The van der Waals surface area contributed by atoms with Crippen molar-refractivity contribution in [3.05, 3.63) is 71.1 Å². The Balaban J connectivity index is 1.61. The third-order valence-corrected chi connectivity index (χ3v) is 7.44. The number of benzene rings is 2. The van der Waals surface area contributed by atoms with E-state index in [1.54, 1.807) is 49.0 Å². The highest BCUT2D eigenvalue weighted by atomic mass is 35.5. The largest absolute Gasteiger partial charge is 0.493 e. The fraction of sp³-hybridized carbons (Fsp3) is 0.280. The van der Waals surface area contributed by atoms with Crippen LogP contribution in [-0.4, -0.2) is 62.0 Å². The molecule has 37 heavy (non-hydrogen) atoms. The van der Waals surface area contributed by atoms with Gasteiger partial charge in [-0.25, -0.2) is 18.4 Å². The topological polar surface area (TPSA) is 107 Å². The third-order valence-electron chi connectivity index (χ3n) is 5.55. The molecule has 0 aliphatic carbocycles. The predicted octanol–water partition coefficient (Wildman–Crippen LogP) is 4.02. The zero-order valence-electron chi connectivity index (χ0n) is 20.9. The summed E-state index contributed by atoms with van der Waals surface area (Å²) in [4.78, 5) is 10.6. The summed E-state index contributed by atoms with van der Waals surface area (Å²) in [6.45, 7) is 2.98. The number of anilines is 1. The number of nitrogens with zero attached hydrogens (tertiary/aromatic N) is 4. The Morgan fingerprint density at radius 2 is 1.92 bits per heavy atom. The lowest BCUT2D eigenvalue weighted by atomic mass is 10.2. The van der Waals surface area contributed by atoms with Gasteiger partial charge in [-0.15, -0.1) is 0 Å². The molecule has 0 aliphatic rings. The minimum Gasteiger partial charge on any atom is -0.493 e. The Kier molecular flexibility index (Phi) is 8.06. The van der Waals surface area contributed by atoms with Crippen molar-refractivity contribution in [1.29, 1.82) is 0 Å². The van der Waals surface area contributed by atoms with E-state index in [1.807, 2.05) is 31.1 Å². The lowest BCUT2D eigenvalue weighted by Crippen LogP contribution is -2.19. The number of fused-ring (bicyclic) bond motifs is 1. The minimum atomic E-state index is -4.02. The van der Waals surface area contributed by atoms with Crippen molar-refractivity contribution in [2.75, 3.05) is 39.1 Å². The first kappa shape index (κ1) is 26.5. The molecular formula is C25H28ClN5O5S. The van der Waals surface area contributed by atoms with Gasteiger partial charge in [0.1, 0.15) is 13.2 Å². The number of likely N-dealkylation sites (N-methyl/N-ethyl adjacent to an activating group) is 1. The van der Waals surface area contributed by atoms with E-state index in [9.17, 15) is 8.42 Å². The Labute approximate surface area is 220 Å². The van der Waals surface area contributed by atoms with Crippen LogP contribution in [0.5, 0.6) is 17.4 Å². The number of halogens is 1.